The number of aryl methyl sites for hydroxylation is 1. The molecular formula is C14H16N2OS. The Kier molecular flexibility index (Phi) is 3.30. The van der Waals surface area contributed by atoms with Crippen LogP contribution in [0.4, 0.5) is 0 Å². The zero-order chi connectivity index (χ0) is 12.4. The van der Waals surface area contributed by atoms with Crippen LogP contribution in [0.25, 0.3) is 0 Å². The molecule has 1 atom stereocenters. The van der Waals surface area contributed by atoms with Gasteiger partial charge in [-0.25, -0.2) is 0 Å². The van der Waals surface area contributed by atoms with Crippen LogP contribution in [-0.4, -0.2) is 4.98 Å². The number of fused-ring (bicyclic) bond motifs is 1. The number of thiazole rings is 1. The van der Waals surface area contributed by atoms with Gasteiger partial charge in [0.05, 0.1) is 10.4 Å². The fourth-order valence-electron chi connectivity index (χ4n) is 2.37. The van der Waals surface area contributed by atoms with Gasteiger partial charge in [0.2, 0.25) is 0 Å². The van der Waals surface area contributed by atoms with E-state index in [0.29, 0.717) is 6.61 Å². The number of rotatable bonds is 3. The number of nitrogens with two attached hydrogens (primary N) is 1. The van der Waals surface area contributed by atoms with Gasteiger partial charge in [-0.05, 0) is 42.5 Å². The van der Waals surface area contributed by atoms with Gasteiger partial charge in [0.15, 0.2) is 0 Å². The van der Waals surface area contributed by atoms with E-state index in [1.54, 1.807) is 11.3 Å². The highest BCUT2D eigenvalue weighted by Gasteiger charge is 2.17. The van der Waals surface area contributed by atoms with Crippen molar-refractivity contribution < 1.29 is 4.74 Å². The largest absolute Gasteiger partial charge is 0.488 e. The van der Waals surface area contributed by atoms with E-state index in [1.165, 1.54) is 17.5 Å². The molecule has 1 aromatic carbocycles. The lowest BCUT2D eigenvalue weighted by Crippen LogP contribution is -2.17. The molecule has 1 aliphatic rings. The molecule has 0 spiro atoms. The summed E-state index contributed by atoms with van der Waals surface area (Å²) in [5, 5.41) is 0. The summed E-state index contributed by atoms with van der Waals surface area (Å²) in [5.74, 6) is 0.902. The Labute approximate surface area is 111 Å². The average molecular weight is 260 g/mol. The molecule has 3 nitrogen and oxygen atoms in total. The molecular weight excluding hydrogens is 244 g/mol. The predicted octanol–water partition coefficient (Wildman–Crippen LogP) is 3.06. The third-order valence-electron chi connectivity index (χ3n) is 3.34. The summed E-state index contributed by atoms with van der Waals surface area (Å²) >= 11 is 1.61. The van der Waals surface area contributed by atoms with E-state index in [1.807, 2.05) is 17.8 Å². The summed E-state index contributed by atoms with van der Waals surface area (Å²) in [7, 11) is 0. The van der Waals surface area contributed by atoms with Crippen LogP contribution in [0, 0.1) is 0 Å². The first-order chi connectivity index (χ1) is 8.83. The lowest BCUT2D eigenvalue weighted by molar-refractivity contribution is 0.308. The van der Waals surface area contributed by atoms with Gasteiger partial charge in [-0.3, -0.25) is 4.98 Å². The maximum atomic E-state index is 6.14. The average Bonchev–Trinajstić information content (AvgIpc) is 2.90. The fraction of sp³-hybridized carbons (Fsp3) is 0.357. The lowest BCUT2D eigenvalue weighted by atomic mass is 9.88. The van der Waals surface area contributed by atoms with E-state index in [-0.39, 0.29) is 6.04 Å². The van der Waals surface area contributed by atoms with Crippen molar-refractivity contribution in [2.75, 3.05) is 0 Å². The number of benzene rings is 1. The highest BCUT2D eigenvalue weighted by Crippen LogP contribution is 2.31. The molecule has 1 aliphatic carbocycles. The number of hydrogen-bond acceptors (Lipinski definition) is 4. The van der Waals surface area contributed by atoms with Crippen molar-refractivity contribution in [2.24, 2.45) is 5.73 Å². The number of hydrogen-bond donors (Lipinski definition) is 1. The first-order valence-electron chi connectivity index (χ1n) is 6.21. The van der Waals surface area contributed by atoms with Crippen molar-refractivity contribution >= 4 is 11.3 Å². The van der Waals surface area contributed by atoms with Crippen LogP contribution in [0.1, 0.15) is 34.9 Å². The standard InChI is InChI=1S/C14H16N2OS/c15-14-3-1-2-10-4-5-11(6-13(10)14)17-8-12-7-16-9-18-12/h4-7,9,14H,1-3,8,15H2/t14-/m1/s1. The summed E-state index contributed by atoms with van der Waals surface area (Å²) < 4.78 is 5.78. The first-order valence-corrected chi connectivity index (χ1v) is 7.09. The predicted molar refractivity (Wildman–Crippen MR) is 72.8 cm³/mol. The molecule has 2 aromatic rings. The third-order valence-corrected chi connectivity index (χ3v) is 4.10. The Morgan fingerprint density at radius 2 is 2.39 bits per heavy atom. The minimum absolute atomic E-state index is 0.167. The summed E-state index contributed by atoms with van der Waals surface area (Å²) in [4.78, 5) is 5.17. The molecule has 0 aliphatic heterocycles. The molecule has 0 bridgehead atoms. The minimum atomic E-state index is 0.167. The third kappa shape index (κ3) is 2.40. The summed E-state index contributed by atoms with van der Waals surface area (Å²) in [5.41, 5.74) is 10.6. The summed E-state index contributed by atoms with van der Waals surface area (Å²) in [6.07, 6.45) is 5.24. The quantitative estimate of drug-likeness (QED) is 0.922. The Bertz CT molecular complexity index is 525. The summed E-state index contributed by atoms with van der Waals surface area (Å²) in [6, 6.07) is 6.45. The van der Waals surface area contributed by atoms with E-state index in [9.17, 15) is 0 Å². The molecule has 0 fully saturated rings. The topological polar surface area (TPSA) is 48.1 Å². The smallest absolute Gasteiger partial charge is 0.124 e. The molecule has 1 aromatic heterocycles. The van der Waals surface area contributed by atoms with Crippen molar-refractivity contribution in [1.29, 1.82) is 0 Å². The van der Waals surface area contributed by atoms with Gasteiger partial charge in [0.25, 0.3) is 0 Å². The van der Waals surface area contributed by atoms with Gasteiger partial charge >= 0.3 is 0 Å². The highest BCUT2D eigenvalue weighted by molar-refractivity contribution is 7.09. The highest BCUT2D eigenvalue weighted by atomic mass is 32.1. The van der Waals surface area contributed by atoms with Gasteiger partial charge in [0, 0.05) is 12.2 Å². The second kappa shape index (κ2) is 5.08. The number of nitrogens with zero attached hydrogens (tertiary/aromatic N) is 1. The van der Waals surface area contributed by atoms with E-state index in [2.05, 4.69) is 17.1 Å². The molecule has 18 heavy (non-hydrogen) atoms. The Balaban J connectivity index is 1.75. The number of aromatic nitrogens is 1. The van der Waals surface area contributed by atoms with Crippen LogP contribution >= 0.6 is 11.3 Å². The van der Waals surface area contributed by atoms with Crippen LogP contribution < -0.4 is 10.5 Å². The van der Waals surface area contributed by atoms with E-state index >= 15 is 0 Å². The molecule has 1 heterocycles. The molecule has 94 valence electrons. The monoisotopic (exact) mass is 260 g/mol. The zero-order valence-corrected chi connectivity index (χ0v) is 11.0. The Morgan fingerprint density at radius 3 is 3.22 bits per heavy atom. The molecule has 0 saturated carbocycles. The van der Waals surface area contributed by atoms with Crippen LogP contribution in [0.3, 0.4) is 0 Å². The van der Waals surface area contributed by atoms with Crippen molar-refractivity contribution in [1.82, 2.24) is 4.98 Å². The van der Waals surface area contributed by atoms with E-state index in [4.69, 9.17) is 10.5 Å². The van der Waals surface area contributed by atoms with Crippen LogP contribution in [-0.2, 0) is 13.0 Å². The van der Waals surface area contributed by atoms with Crippen molar-refractivity contribution in [2.45, 2.75) is 31.9 Å². The fourth-order valence-corrected chi connectivity index (χ4v) is 2.88. The second-order valence-electron chi connectivity index (χ2n) is 4.62. The maximum Gasteiger partial charge on any atom is 0.124 e. The molecule has 0 saturated heterocycles. The van der Waals surface area contributed by atoms with Gasteiger partial charge in [0.1, 0.15) is 12.4 Å². The van der Waals surface area contributed by atoms with Crippen LogP contribution in [0.2, 0.25) is 0 Å². The second-order valence-corrected chi connectivity index (χ2v) is 5.59. The van der Waals surface area contributed by atoms with Crippen molar-refractivity contribution in [3.63, 3.8) is 0 Å². The van der Waals surface area contributed by atoms with Gasteiger partial charge < -0.3 is 10.5 Å². The summed E-state index contributed by atoms with van der Waals surface area (Å²) in [6.45, 7) is 0.582. The minimum Gasteiger partial charge on any atom is -0.488 e. The molecule has 2 N–H and O–H groups in total. The molecule has 3 rings (SSSR count). The Hall–Kier alpha value is -1.39. The van der Waals surface area contributed by atoms with Gasteiger partial charge in [-0.15, -0.1) is 11.3 Å². The molecule has 0 unspecified atom stereocenters. The van der Waals surface area contributed by atoms with Crippen molar-refractivity contribution in [3.05, 3.63) is 45.9 Å². The maximum absolute atomic E-state index is 6.14. The van der Waals surface area contributed by atoms with Gasteiger partial charge in [-0.1, -0.05) is 6.07 Å². The van der Waals surface area contributed by atoms with Gasteiger partial charge in [-0.2, -0.15) is 0 Å². The van der Waals surface area contributed by atoms with E-state index in [0.717, 1.165) is 23.5 Å². The number of ether oxygens (including phenoxy) is 1. The van der Waals surface area contributed by atoms with Crippen molar-refractivity contribution in [3.8, 4) is 5.75 Å². The molecule has 4 heteroatoms. The molecule has 0 amide bonds. The van der Waals surface area contributed by atoms with E-state index < -0.39 is 0 Å². The lowest BCUT2D eigenvalue weighted by Gasteiger charge is -2.22. The first kappa shape index (κ1) is 11.7. The Morgan fingerprint density at radius 1 is 1.44 bits per heavy atom. The van der Waals surface area contributed by atoms with Crippen LogP contribution in [0.15, 0.2) is 29.9 Å². The SMILES string of the molecule is N[C@@H]1CCCc2ccc(OCc3cncs3)cc21. The molecule has 0 radical (unpaired) electrons. The van der Waals surface area contributed by atoms with Crippen LogP contribution in [0.5, 0.6) is 5.75 Å². The normalized spacial score (nSPS) is 18.4. The zero-order valence-electron chi connectivity index (χ0n) is 10.1.